The van der Waals surface area contributed by atoms with Crippen LogP contribution in [-0.4, -0.2) is 24.7 Å². The molecular weight excluding hydrogens is 412 g/mol. The van der Waals surface area contributed by atoms with Gasteiger partial charge in [0.15, 0.2) is 18.1 Å². The predicted octanol–water partition coefficient (Wildman–Crippen LogP) is 4.84. The van der Waals surface area contributed by atoms with Gasteiger partial charge in [0, 0.05) is 18.6 Å². The lowest BCUT2D eigenvalue weighted by molar-refractivity contribution is -0.123. The molecule has 4 aliphatic rings. The van der Waals surface area contributed by atoms with Gasteiger partial charge in [0.05, 0.1) is 6.61 Å². The normalized spacial score (nSPS) is 27.4. The third kappa shape index (κ3) is 5.35. The van der Waals surface area contributed by atoms with Gasteiger partial charge in [-0.2, -0.15) is 0 Å². The van der Waals surface area contributed by atoms with Crippen molar-refractivity contribution < 1.29 is 14.3 Å². The molecule has 0 saturated heterocycles. The first-order chi connectivity index (χ1) is 16.1. The van der Waals surface area contributed by atoms with Crippen molar-refractivity contribution in [2.45, 2.75) is 64.1 Å². The van der Waals surface area contributed by atoms with Crippen molar-refractivity contribution in [3.05, 3.63) is 59.7 Å². The summed E-state index contributed by atoms with van der Waals surface area (Å²) < 4.78 is 11.7. The predicted molar refractivity (Wildman–Crippen MR) is 129 cm³/mol. The average Bonchev–Trinajstić information content (AvgIpc) is 2.81. The monoisotopic (exact) mass is 448 g/mol. The average molecular weight is 449 g/mol. The zero-order chi connectivity index (χ0) is 22.7. The highest BCUT2D eigenvalue weighted by Crippen LogP contribution is 2.55. The topological polar surface area (TPSA) is 59.6 Å². The van der Waals surface area contributed by atoms with Gasteiger partial charge < -0.3 is 20.1 Å². The van der Waals surface area contributed by atoms with Gasteiger partial charge in [0.25, 0.3) is 5.91 Å². The van der Waals surface area contributed by atoms with E-state index in [0.29, 0.717) is 30.2 Å². The molecule has 0 aliphatic heterocycles. The van der Waals surface area contributed by atoms with Crippen LogP contribution in [0.15, 0.2) is 48.5 Å². The van der Waals surface area contributed by atoms with Gasteiger partial charge in [-0.3, -0.25) is 4.79 Å². The van der Waals surface area contributed by atoms with E-state index in [1.165, 1.54) is 44.1 Å². The number of hydrogen-bond donors (Lipinski definition) is 2. The number of benzene rings is 2. The van der Waals surface area contributed by atoms with E-state index in [1.807, 2.05) is 43.3 Å². The Labute approximate surface area is 197 Å². The Balaban J connectivity index is 1.16. The number of amides is 1. The van der Waals surface area contributed by atoms with Gasteiger partial charge in [0.1, 0.15) is 0 Å². The Morgan fingerprint density at radius 1 is 0.879 bits per heavy atom. The van der Waals surface area contributed by atoms with Crippen molar-refractivity contribution >= 4 is 5.91 Å². The standard InChI is InChI=1S/C28H36N2O3/c1-2-32-26-13-21(18-30-28-14-22-10-23(15-28)12-24(11-22)16-28)8-9-25(26)33-19-27(31)29-17-20-6-4-3-5-7-20/h3-9,13,22-24,30H,2,10-12,14-19H2,1H3,(H,29,31). The fourth-order valence-corrected chi connectivity index (χ4v) is 6.66. The SMILES string of the molecule is CCOc1cc(CNC23CC4CC(CC(C4)C2)C3)ccc1OCC(=O)NCc1ccccc1. The summed E-state index contributed by atoms with van der Waals surface area (Å²) in [4.78, 5) is 12.2. The summed E-state index contributed by atoms with van der Waals surface area (Å²) in [5, 5.41) is 6.86. The van der Waals surface area contributed by atoms with E-state index in [4.69, 9.17) is 9.47 Å². The second kappa shape index (κ2) is 9.76. The minimum absolute atomic E-state index is 0.0300. The Morgan fingerprint density at radius 2 is 1.58 bits per heavy atom. The largest absolute Gasteiger partial charge is 0.490 e. The molecule has 6 rings (SSSR count). The van der Waals surface area contributed by atoms with E-state index in [-0.39, 0.29) is 12.5 Å². The quantitative estimate of drug-likeness (QED) is 0.546. The lowest BCUT2D eigenvalue weighted by atomic mass is 9.53. The van der Waals surface area contributed by atoms with E-state index in [0.717, 1.165) is 29.9 Å². The van der Waals surface area contributed by atoms with Crippen molar-refractivity contribution in [1.29, 1.82) is 0 Å². The zero-order valence-corrected chi connectivity index (χ0v) is 19.6. The number of rotatable bonds is 10. The summed E-state index contributed by atoms with van der Waals surface area (Å²) >= 11 is 0. The van der Waals surface area contributed by atoms with Crippen LogP contribution in [0.3, 0.4) is 0 Å². The van der Waals surface area contributed by atoms with Gasteiger partial charge in [-0.25, -0.2) is 0 Å². The van der Waals surface area contributed by atoms with Gasteiger partial charge in [-0.1, -0.05) is 36.4 Å². The van der Waals surface area contributed by atoms with E-state index in [9.17, 15) is 4.79 Å². The van der Waals surface area contributed by atoms with Crippen LogP contribution in [0.1, 0.15) is 56.6 Å². The van der Waals surface area contributed by atoms with Crippen LogP contribution in [0.2, 0.25) is 0 Å². The third-order valence-corrected chi connectivity index (χ3v) is 7.70. The number of carbonyl (C=O) groups excluding carboxylic acids is 1. The Morgan fingerprint density at radius 3 is 2.24 bits per heavy atom. The van der Waals surface area contributed by atoms with Crippen molar-refractivity contribution in [1.82, 2.24) is 10.6 Å². The minimum atomic E-state index is -0.145. The van der Waals surface area contributed by atoms with Gasteiger partial charge in [0.2, 0.25) is 0 Å². The Bertz CT molecular complexity index is 924. The highest BCUT2D eigenvalue weighted by atomic mass is 16.5. The van der Waals surface area contributed by atoms with Gasteiger partial charge in [-0.15, -0.1) is 0 Å². The molecule has 2 aromatic carbocycles. The maximum Gasteiger partial charge on any atom is 0.258 e. The van der Waals surface area contributed by atoms with Crippen LogP contribution in [0.25, 0.3) is 0 Å². The lowest BCUT2D eigenvalue weighted by Gasteiger charge is -2.57. The summed E-state index contributed by atoms with van der Waals surface area (Å²) in [5.41, 5.74) is 2.61. The summed E-state index contributed by atoms with van der Waals surface area (Å²) in [6, 6.07) is 16.0. The molecule has 5 nitrogen and oxygen atoms in total. The highest BCUT2D eigenvalue weighted by Gasteiger charge is 2.50. The third-order valence-electron chi connectivity index (χ3n) is 7.70. The molecule has 0 atom stereocenters. The second-order valence-corrected chi connectivity index (χ2v) is 10.3. The molecule has 4 aliphatic carbocycles. The second-order valence-electron chi connectivity index (χ2n) is 10.3. The van der Waals surface area contributed by atoms with Crippen molar-refractivity contribution in [2.24, 2.45) is 17.8 Å². The van der Waals surface area contributed by atoms with Gasteiger partial charge in [-0.05, 0) is 86.5 Å². The number of ether oxygens (including phenoxy) is 2. The molecule has 2 N–H and O–H groups in total. The molecule has 0 radical (unpaired) electrons. The smallest absolute Gasteiger partial charge is 0.258 e. The Hall–Kier alpha value is -2.53. The molecule has 5 heteroatoms. The van der Waals surface area contributed by atoms with Crippen LogP contribution < -0.4 is 20.1 Å². The van der Waals surface area contributed by atoms with Crippen LogP contribution in [0.5, 0.6) is 11.5 Å². The molecule has 176 valence electrons. The van der Waals surface area contributed by atoms with Crippen molar-refractivity contribution in [3.8, 4) is 11.5 Å². The summed E-state index contributed by atoms with van der Waals surface area (Å²) in [6.07, 6.45) is 8.41. The fourth-order valence-electron chi connectivity index (χ4n) is 6.66. The minimum Gasteiger partial charge on any atom is -0.490 e. The Kier molecular flexibility index (Phi) is 6.59. The molecular formula is C28H36N2O3. The van der Waals surface area contributed by atoms with E-state index >= 15 is 0 Å². The highest BCUT2D eigenvalue weighted by molar-refractivity contribution is 5.77. The molecule has 0 spiro atoms. The molecule has 0 heterocycles. The molecule has 1 amide bonds. The molecule has 33 heavy (non-hydrogen) atoms. The summed E-state index contributed by atoms with van der Waals surface area (Å²) in [5.74, 6) is 3.99. The van der Waals surface area contributed by atoms with Crippen molar-refractivity contribution in [3.63, 3.8) is 0 Å². The zero-order valence-electron chi connectivity index (χ0n) is 19.6. The van der Waals surface area contributed by atoms with Gasteiger partial charge >= 0.3 is 0 Å². The first kappa shape index (κ1) is 22.3. The van der Waals surface area contributed by atoms with Crippen LogP contribution >= 0.6 is 0 Å². The van der Waals surface area contributed by atoms with Crippen LogP contribution in [0, 0.1) is 17.8 Å². The van der Waals surface area contributed by atoms with E-state index < -0.39 is 0 Å². The van der Waals surface area contributed by atoms with Crippen molar-refractivity contribution in [2.75, 3.05) is 13.2 Å². The van der Waals surface area contributed by atoms with E-state index in [1.54, 1.807) is 0 Å². The molecule has 2 aromatic rings. The molecule has 4 saturated carbocycles. The fraction of sp³-hybridized carbons (Fsp3) is 0.536. The maximum absolute atomic E-state index is 12.2. The van der Waals surface area contributed by atoms with Crippen LogP contribution in [-0.2, 0) is 17.9 Å². The van der Waals surface area contributed by atoms with E-state index in [2.05, 4.69) is 22.8 Å². The number of hydrogen-bond acceptors (Lipinski definition) is 4. The maximum atomic E-state index is 12.2. The first-order valence-electron chi connectivity index (χ1n) is 12.5. The summed E-state index contributed by atoms with van der Waals surface area (Å²) in [7, 11) is 0. The molecule has 4 fully saturated rings. The van der Waals surface area contributed by atoms with Crippen LogP contribution in [0.4, 0.5) is 0 Å². The number of carbonyl (C=O) groups is 1. The lowest BCUT2D eigenvalue weighted by Crippen LogP contribution is -2.58. The molecule has 4 bridgehead atoms. The molecule has 0 unspecified atom stereocenters. The first-order valence-corrected chi connectivity index (χ1v) is 12.5. The summed E-state index contributed by atoms with van der Waals surface area (Å²) in [6.45, 7) is 3.84. The molecule has 0 aromatic heterocycles. The number of nitrogens with one attached hydrogen (secondary N) is 2.